The highest BCUT2D eigenvalue weighted by Crippen LogP contribution is 2.42. The highest BCUT2D eigenvalue weighted by molar-refractivity contribution is 6.51. The highest BCUT2D eigenvalue weighted by Gasteiger charge is 2.47. The van der Waals surface area contributed by atoms with E-state index in [0.717, 1.165) is 11.3 Å². The molecule has 3 heterocycles. The largest absolute Gasteiger partial charge is 0.507 e. The molecule has 2 aromatic carbocycles. The number of aromatic nitrogens is 1. The first-order valence-electron chi connectivity index (χ1n) is 10.2. The number of rotatable bonds is 3. The van der Waals surface area contributed by atoms with Crippen molar-refractivity contribution in [3.8, 4) is 5.75 Å². The lowest BCUT2D eigenvalue weighted by Gasteiger charge is -2.25. The number of halogens is 1. The predicted octanol–water partition coefficient (Wildman–Crippen LogP) is 4.17. The van der Waals surface area contributed by atoms with Gasteiger partial charge in [0.25, 0.3) is 11.7 Å². The van der Waals surface area contributed by atoms with E-state index in [9.17, 15) is 19.1 Å². The van der Waals surface area contributed by atoms with Crippen molar-refractivity contribution in [1.82, 2.24) is 4.98 Å². The molecule has 6 nitrogen and oxygen atoms in total. The molecule has 0 bridgehead atoms. The van der Waals surface area contributed by atoms with Gasteiger partial charge >= 0.3 is 0 Å². The van der Waals surface area contributed by atoms with Crippen LogP contribution in [0.15, 0.2) is 72.6 Å². The Kier molecular flexibility index (Phi) is 4.74. The van der Waals surface area contributed by atoms with Crippen LogP contribution in [-0.2, 0) is 16.0 Å². The van der Waals surface area contributed by atoms with Crippen LogP contribution < -0.4 is 9.64 Å². The first kappa shape index (κ1) is 19.9. The summed E-state index contributed by atoms with van der Waals surface area (Å²) in [4.78, 5) is 31.5. The molecule has 2 aliphatic heterocycles. The summed E-state index contributed by atoms with van der Waals surface area (Å²) in [5.41, 5.74) is 2.28. The van der Waals surface area contributed by atoms with Crippen LogP contribution in [0.1, 0.15) is 29.7 Å². The van der Waals surface area contributed by atoms with Gasteiger partial charge in [-0.3, -0.25) is 19.5 Å². The molecule has 160 valence electrons. The molecule has 0 spiro atoms. The van der Waals surface area contributed by atoms with E-state index in [1.54, 1.807) is 42.7 Å². The molecule has 0 radical (unpaired) electrons. The van der Waals surface area contributed by atoms with Gasteiger partial charge < -0.3 is 9.84 Å². The molecule has 1 amide bonds. The number of benzene rings is 2. The van der Waals surface area contributed by atoms with Crippen molar-refractivity contribution >= 4 is 23.1 Å². The van der Waals surface area contributed by atoms with Crippen molar-refractivity contribution < 1.29 is 23.8 Å². The van der Waals surface area contributed by atoms with Gasteiger partial charge in [-0.25, -0.2) is 4.39 Å². The number of ketones is 1. The first-order valence-corrected chi connectivity index (χ1v) is 10.2. The average Bonchev–Trinajstić information content (AvgIpc) is 3.30. The number of fused-ring (bicyclic) bond motifs is 1. The van der Waals surface area contributed by atoms with Crippen LogP contribution in [0, 0.1) is 5.82 Å². The molecule has 1 saturated heterocycles. The van der Waals surface area contributed by atoms with E-state index in [0.29, 0.717) is 23.2 Å². The van der Waals surface area contributed by atoms with Gasteiger partial charge in [0.05, 0.1) is 11.6 Å². The molecular weight excluding hydrogens is 411 g/mol. The van der Waals surface area contributed by atoms with E-state index in [1.165, 1.54) is 29.2 Å². The van der Waals surface area contributed by atoms with Gasteiger partial charge in [0.1, 0.15) is 23.4 Å². The normalized spacial score (nSPS) is 21.5. The monoisotopic (exact) mass is 430 g/mol. The van der Waals surface area contributed by atoms with Gasteiger partial charge in [-0.05, 0) is 72.6 Å². The molecule has 2 aliphatic rings. The van der Waals surface area contributed by atoms with E-state index in [-0.39, 0.29) is 17.4 Å². The van der Waals surface area contributed by atoms with Crippen molar-refractivity contribution in [1.29, 1.82) is 0 Å². The number of Topliss-reactive ketones (excluding diaryl/α,β-unsaturated/α-hetero) is 1. The van der Waals surface area contributed by atoms with Crippen molar-refractivity contribution in [3.05, 3.63) is 95.1 Å². The number of aliphatic hydroxyl groups excluding tert-OH is 1. The Morgan fingerprint density at radius 3 is 2.53 bits per heavy atom. The zero-order valence-electron chi connectivity index (χ0n) is 17.2. The predicted molar refractivity (Wildman–Crippen MR) is 116 cm³/mol. The smallest absolute Gasteiger partial charge is 0.300 e. The molecule has 0 aliphatic carbocycles. The summed E-state index contributed by atoms with van der Waals surface area (Å²) >= 11 is 0. The van der Waals surface area contributed by atoms with E-state index < -0.39 is 23.5 Å². The van der Waals surface area contributed by atoms with Crippen molar-refractivity contribution in [2.75, 3.05) is 4.90 Å². The van der Waals surface area contributed by atoms with Gasteiger partial charge in [-0.1, -0.05) is 0 Å². The number of ether oxygens (including phenoxy) is 1. The van der Waals surface area contributed by atoms with Gasteiger partial charge in [-0.15, -0.1) is 0 Å². The summed E-state index contributed by atoms with van der Waals surface area (Å²) < 4.78 is 19.2. The minimum Gasteiger partial charge on any atom is -0.507 e. The lowest BCUT2D eigenvalue weighted by atomic mass is 9.95. The van der Waals surface area contributed by atoms with Crippen molar-refractivity contribution in [2.24, 2.45) is 0 Å². The summed E-state index contributed by atoms with van der Waals surface area (Å²) in [7, 11) is 0. The summed E-state index contributed by atoms with van der Waals surface area (Å²) in [6, 6.07) is 13.0. The van der Waals surface area contributed by atoms with Crippen LogP contribution >= 0.6 is 0 Å². The van der Waals surface area contributed by atoms with Gasteiger partial charge in [0.2, 0.25) is 0 Å². The molecule has 1 fully saturated rings. The van der Waals surface area contributed by atoms with Crippen LogP contribution in [0.2, 0.25) is 0 Å². The molecule has 32 heavy (non-hydrogen) atoms. The molecule has 5 rings (SSSR count). The summed E-state index contributed by atoms with van der Waals surface area (Å²) in [6.45, 7) is 1.96. The Balaban J connectivity index is 1.68. The maximum absolute atomic E-state index is 13.5. The summed E-state index contributed by atoms with van der Waals surface area (Å²) in [6.07, 6.45) is 3.82. The maximum Gasteiger partial charge on any atom is 0.300 e. The number of hydrogen-bond donors (Lipinski definition) is 1. The summed E-state index contributed by atoms with van der Waals surface area (Å²) in [5, 5.41) is 11.2. The molecule has 2 atom stereocenters. The van der Waals surface area contributed by atoms with Gasteiger partial charge in [0.15, 0.2) is 0 Å². The van der Waals surface area contributed by atoms with Crippen LogP contribution in [-0.4, -0.2) is 27.9 Å². The first-order chi connectivity index (χ1) is 15.4. The number of aliphatic hydroxyl groups is 1. The third kappa shape index (κ3) is 3.22. The van der Waals surface area contributed by atoms with E-state index in [4.69, 9.17) is 4.74 Å². The zero-order valence-corrected chi connectivity index (χ0v) is 17.2. The van der Waals surface area contributed by atoms with Gasteiger partial charge in [-0.2, -0.15) is 0 Å². The lowest BCUT2D eigenvalue weighted by Crippen LogP contribution is -2.29. The lowest BCUT2D eigenvalue weighted by molar-refractivity contribution is -0.132. The van der Waals surface area contributed by atoms with E-state index in [2.05, 4.69) is 4.98 Å². The number of carbonyl (C=O) groups is 2. The van der Waals surface area contributed by atoms with Crippen LogP contribution in [0.5, 0.6) is 5.75 Å². The van der Waals surface area contributed by atoms with Crippen molar-refractivity contribution in [2.45, 2.75) is 25.5 Å². The topological polar surface area (TPSA) is 79.7 Å². The van der Waals surface area contributed by atoms with E-state index >= 15 is 0 Å². The fourth-order valence-corrected chi connectivity index (χ4v) is 4.29. The SMILES string of the molecule is CC1Cc2cc(/C(O)=C3/C(=O)C(=O)N(c4ccc(F)cc4)C3c3ccncc3)ccc2O1. The third-order valence-corrected chi connectivity index (χ3v) is 5.74. The van der Waals surface area contributed by atoms with Crippen LogP contribution in [0.25, 0.3) is 5.76 Å². The van der Waals surface area contributed by atoms with Crippen LogP contribution in [0.4, 0.5) is 10.1 Å². The molecule has 1 aromatic heterocycles. The minimum absolute atomic E-state index is 0.0301. The average molecular weight is 430 g/mol. The third-order valence-electron chi connectivity index (χ3n) is 5.74. The van der Waals surface area contributed by atoms with Crippen molar-refractivity contribution in [3.63, 3.8) is 0 Å². The number of amides is 1. The molecule has 2 unspecified atom stereocenters. The quantitative estimate of drug-likeness (QED) is 0.383. The number of anilines is 1. The molecule has 7 heteroatoms. The Labute approximate surface area is 183 Å². The fraction of sp³-hybridized carbons (Fsp3) is 0.160. The molecule has 1 N–H and O–H groups in total. The molecule has 3 aromatic rings. The van der Waals surface area contributed by atoms with Gasteiger partial charge in [0, 0.05) is 30.1 Å². The maximum atomic E-state index is 13.5. The Hall–Kier alpha value is -4.00. The fourth-order valence-electron chi connectivity index (χ4n) is 4.29. The highest BCUT2D eigenvalue weighted by atomic mass is 19.1. The van der Waals surface area contributed by atoms with Crippen LogP contribution in [0.3, 0.4) is 0 Å². The Bertz CT molecular complexity index is 1250. The Morgan fingerprint density at radius 2 is 1.81 bits per heavy atom. The number of carbonyl (C=O) groups excluding carboxylic acids is 2. The standard InChI is InChI=1S/C25H19FN2O4/c1-14-12-17-13-16(2-7-20(17)32-14)23(29)21-22(15-8-10-27-11-9-15)28(25(31)24(21)30)19-5-3-18(26)4-6-19/h2-11,13-14,22,29H,12H2,1H3/b23-21-. The number of nitrogens with zero attached hydrogens (tertiary/aromatic N) is 2. The Morgan fingerprint density at radius 1 is 1.09 bits per heavy atom. The minimum atomic E-state index is -0.883. The number of hydrogen-bond acceptors (Lipinski definition) is 5. The second-order valence-corrected chi connectivity index (χ2v) is 7.88. The molecule has 0 saturated carbocycles. The zero-order chi connectivity index (χ0) is 22.4. The second-order valence-electron chi connectivity index (χ2n) is 7.88. The molecular formula is C25H19FN2O4. The number of pyridine rings is 1. The van der Waals surface area contributed by atoms with E-state index in [1.807, 2.05) is 6.92 Å². The second kappa shape index (κ2) is 7.60. The summed E-state index contributed by atoms with van der Waals surface area (Å²) in [5.74, 6) is -1.58.